The van der Waals surface area contributed by atoms with E-state index in [0.29, 0.717) is 0 Å². The third-order valence-electron chi connectivity index (χ3n) is 2.17. The zero-order valence-corrected chi connectivity index (χ0v) is 15.2. The van der Waals surface area contributed by atoms with Gasteiger partial charge in [-0.25, -0.2) is 4.79 Å². The minimum atomic E-state index is -1.83. The highest BCUT2D eigenvalue weighted by molar-refractivity contribution is 5.73. The highest BCUT2D eigenvalue weighted by atomic mass is 16.6. The summed E-state index contributed by atoms with van der Waals surface area (Å²) in [6.07, 6.45) is -1.83. The SMILES string of the molecule is N.N.N.N.O=C(O)CN(CCN(CC(=O)O)CC(=O)O)CC(=O)O.O=C(O)O. The highest BCUT2D eigenvalue weighted by Crippen LogP contribution is 1.94. The average molecular weight is 422 g/mol. The Morgan fingerprint density at radius 3 is 0.714 bits per heavy atom. The molecule has 0 amide bonds. The van der Waals surface area contributed by atoms with Crippen molar-refractivity contribution in [3.8, 4) is 0 Å². The Kier molecular flexibility index (Phi) is 31.2. The van der Waals surface area contributed by atoms with Gasteiger partial charge in [-0.3, -0.25) is 29.0 Å². The summed E-state index contributed by atoms with van der Waals surface area (Å²) in [5, 5.41) is 48.4. The fourth-order valence-corrected chi connectivity index (χ4v) is 1.48. The number of carboxylic acids is 4. The van der Waals surface area contributed by atoms with Gasteiger partial charge in [0.1, 0.15) is 0 Å². The van der Waals surface area contributed by atoms with Crippen molar-refractivity contribution >= 4 is 30.0 Å². The summed E-state index contributed by atoms with van der Waals surface area (Å²) < 4.78 is 0. The van der Waals surface area contributed by atoms with Gasteiger partial charge in [0.05, 0.1) is 26.2 Å². The molecule has 170 valence electrons. The van der Waals surface area contributed by atoms with Crippen molar-refractivity contribution in [2.45, 2.75) is 0 Å². The van der Waals surface area contributed by atoms with Crippen LogP contribution in [0.1, 0.15) is 0 Å². The van der Waals surface area contributed by atoms with E-state index in [1.165, 1.54) is 0 Å². The van der Waals surface area contributed by atoms with Gasteiger partial charge in [0.2, 0.25) is 0 Å². The molecule has 0 radical (unpaired) electrons. The summed E-state index contributed by atoms with van der Waals surface area (Å²) in [6.45, 7) is -2.25. The monoisotopic (exact) mass is 422 g/mol. The van der Waals surface area contributed by atoms with Gasteiger partial charge in [0, 0.05) is 13.1 Å². The molecule has 0 unspecified atom stereocenters. The molecule has 0 saturated carbocycles. The molecular weight excluding hydrogens is 392 g/mol. The molecule has 0 saturated heterocycles. The lowest BCUT2D eigenvalue weighted by Crippen LogP contribution is -2.43. The summed E-state index contributed by atoms with van der Waals surface area (Å²) in [4.78, 5) is 52.9. The normalized spacial score (nSPS) is 8.50. The van der Waals surface area contributed by atoms with E-state index in [9.17, 15) is 19.2 Å². The second-order valence-corrected chi connectivity index (χ2v) is 4.28. The number of hydrogen-bond donors (Lipinski definition) is 10. The van der Waals surface area contributed by atoms with Crippen LogP contribution in [0.3, 0.4) is 0 Å². The largest absolute Gasteiger partial charge is 0.503 e. The van der Waals surface area contributed by atoms with Crippen molar-refractivity contribution < 1.29 is 54.6 Å². The van der Waals surface area contributed by atoms with Gasteiger partial charge in [-0.2, -0.15) is 0 Å². The van der Waals surface area contributed by atoms with E-state index >= 15 is 0 Å². The van der Waals surface area contributed by atoms with Crippen molar-refractivity contribution in [2.24, 2.45) is 0 Å². The summed E-state index contributed by atoms with van der Waals surface area (Å²) in [5.41, 5.74) is 0. The smallest absolute Gasteiger partial charge is 0.480 e. The van der Waals surface area contributed by atoms with Gasteiger partial charge >= 0.3 is 30.0 Å². The standard InChI is InChI=1S/C10H16N2O8.CH2O3.4H3N/c13-7(14)3-11(4-8(15)16)1-2-12(5-9(17)18)6-10(19)20;2-1(3)4;;;;/h1-6H2,(H,13,14)(H,15,16)(H,17,18)(H,19,20);(H2,2,3,4);4*1H3. The summed E-state index contributed by atoms with van der Waals surface area (Å²) in [5.74, 6) is -4.91. The van der Waals surface area contributed by atoms with Crippen LogP contribution in [0.2, 0.25) is 0 Å². The van der Waals surface area contributed by atoms with Crippen LogP contribution in [-0.4, -0.2) is 110 Å². The van der Waals surface area contributed by atoms with Gasteiger partial charge in [-0.1, -0.05) is 0 Å². The van der Waals surface area contributed by atoms with Crippen LogP contribution in [0, 0.1) is 0 Å². The molecule has 18 N–H and O–H groups in total. The predicted molar refractivity (Wildman–Crippen MR) is 94.2 cm³/mol. The molecule has 28 heavy (non-hydrogen) atoms. The van der Waals surface area contributed by atoms with E-state index < -0.39 is 56.2 Å². The zero-order chi connectivity index (χ0) is 19.3. The first kappa shape index (κ1) is 39.8. The van der Waals surface area contributed by atoms with E-state index in [4.69, 9.17) is 35.4 Å². The minimum Gasteiger partial charge on any atom is -0.480 e. The molecule has 0 aromatic heterocycles. The Hall–Kier alpha value is -3.09. The fourth-order valence-electron chi connectivity index (χ4n) is 1.48. The van der Waals surface area contributed by atoms with E-state index in [1.54, 1.807) is 0 Å². The summed E-state index contributed by atoms with van der Waals surface area (Å²) >= 11 is 0. The molecule has 0 rings (SSSR count). The van der Waals surface area contributed by atoms with Crippen LogP contribution < -0.4 is 24.6 Å². The maximum absolute atomic E-state index is 10.6. The summed E-state index contributed by atoms with van der Waals surface area (Å²) in [6, 6.07) is 0. The van der Waals surface area contributed by atoms with E-state index in [-0.39, 0.29) is 37.7 Å². The molecule has 0 aromatic carbocycles. The van der Waals surface area contributed by atoms with Crippen LogP contribution in [0.5, 0.6) is 0 Å². The molecule has 0 atom stereocenters. The minimum absolute atomic E-state index is 0. The van der Waals surface area contributed by atoms with Crippen LogP contribution in [-0.2, 0) is 19.2 Å². The number of carboxylic acid groups (broad SMARTS) is 6. The van der Waals surface area contributed by atoms with E-state index in [1.807, 2.05) is 0 Å². The molecule has 0 heterocycles. The lowest BCUT2D eigenvalue weighted by molar-refractivity contribution is -0.145. The first-order valence-corrected chi connectivity index (χ1v) is 6.17. The lowest BCUT2D eigenvalue weighted by atomic mass is 10.4. The zero-order valence-electron chi connectivity index (χ0n) is 15.2. The number of carbonyl (C=O) groups is 5. The second kappa shape index (κ2) is 22.0. The van der Waals surface area contributed by atoms with Gasteiger partial charge in [-0.05, 0) is 0 Å². The molecule has 0 spiro atoms. The second-order valence-electron chi connectivity index (χ2n) is 4.28. The number of nitrogens with zero attached hydrogens (tertiary/aromatic N) is 2. The highest BCUT2D eigenvalue weighted by Gasteiger charge is 2.17. The van der Waals surface area contributed by atoms with Gasteiger partial charge in [0.25, 0.3) is 0 Å². The molecule has 0 aliphatic carbocycles. The molecule has 17 nitrogen and oxygen atoms in total. The first-order valence-electron chi connectivity index (χ1n) is 6.17. The Morgan fingerprint density at radius 1 is 0.464 bits per heavy atom. The van der Waals surface area contributed by atoms with Crippen LogP contribution in [0.4, 0.5) is 4.79 Å². The quantitative estimate of drug-likeness (QED) is 0.186. The summed E-state index contributed by atoms with van der Waals surface area (Å²) in [7, 11) is 0. The number of hydrogen-bond acceptors (Lipinski definition) is 11. The van der Waals surface area contributed by atoms with Crippen LogP contribution in [0.15, 0.2) is 0 Å². The molecule has 0 aromatic rings. The molecule has 17 heteroatoms. The Morgan fingerprint density at radius 2 is 0.607 bits per heavy atom. The fraction of sp³-hybridized carbons (Fsp3) is 0.545. The molecule has 0 aliphatic rings. The van der Waals surface area contributed by atoms with Crippen molar-refractivity contribution in [3.05, 3.63) is 0 Å². The third-order valence-corrected chi connectivity index (χ3v) is 2.17. The van der Waals surface area contributed by atoms with Gasteiger partial charge < -0.3 is 55.2 Å². The number of rotatable bonds is 11. The molecule has 0 bridgehead atoms. The van der Waals surface area contributed by atoms with E-state index in [0.717, 1.165) is 9.80 Å². The van der Waals surface area contributed by atoms with Crippen molar-refractivity contribution in [2.75, 3.05) is 39.3 Å². The van der Waals surface area contributed by atoms with Crippen LogP contribution >= 0.6 is 0 Å². The molecular formula is C11H30N6O11. The maximum atomic E-state index is 10.6. The molecule has 0 aliphatic heterocycles. The molecule has 0 fully saturated rings. The average Bonchev–Trinajstić information content (AvgIpc) is 2.32. The first-order chi connectivity index (χ1) is 10.9. The Labute approximate surface area is 159 Å². The van der Waals surface area contributed by atoms with Gasteiger partial charge in [0.15, 0.2) is 0 Å². The van der Waals surface area contributed by atoms with Crippen molar-refractivity contribution in [1.82, 2.24) is 34.4 Å². The van der Waals surface area contributed by atoms with Crippen molar-refractivity contribution in [1.29, 1.82) is 0 Å². The Bertz CT molecular complexity index is 404. The topological polar surface area (TPSA) is 353 Å². The maximum Gasteiger partial charge on any atom is 0.503 e. The van der Waals surface area contributed by atoms with Crippen molar-refractivity contribution in [3.63, 3.8) is 0 Å². The van der Waals surface area contributed by atoms with Gasteiger partial charge in [-0.15, -0.1) is 0 Å². The van der Waals surface area contributed by atoms with Crippen LogP contribution in [0.25, 0.3) is 0 Å². The Balaban J connectivity index is -0.000000137. The lowest BCUT2D eigenvalue weighted by Gasteiger charge is -2.23. The predicted octanol–water partition coefficient (Wildman–Crippen LogP) is -1.20. The third kappa shape index (κ3) is 34.3. The number of aliphatic carboxylic acids is 4. The van der Waals surface area contributed by atoms with E-state index in [2.05, 4.69) is 0 Å².